The van der Waals surface area contributed by atoms with Crippen molar-refractivity contribution in [3.05, 3.63) is 41.5 Å². The molecule has 2 fully saturated rings. The second-order valence-corrected chi connectivity index (χ2v) is 9.06. The van der Waals surface area contributed by atoms with Crippen molar-refractivity contribution in [3.63, 3.8) is 0 Å². The number of benzene rings is 1. The third kappa shape index (κ3) is 6.29. The van der Waals surface area contributed by atoms with Gasteiger partial charge in [-0.3, -0.25) is 0 Å². The predicted octanol–water partition coefficient (Wildman–Crippen LogP) is 4.64. The van der Waals surface area contributed by atoms with Crippen molar-refractivity contribution >= 4 is 34.9 Å². The molecule has 6 nitrogen and oxygen atoms in total. The fraction of sp³-hybridized carbons (Fsp3) is 0.542. The molecule has 2 aromatic rings. The number of hydrogen-bond acceptors (Lipinski definition) is 5. The molecule has 2 saturated heterocycles. The van der Waals surface area contributed by atoms with E-state index in [1.54, 1.807) is 0 Å². The van der Waals surface area contributed by atoms with Gasteiger partial charge in [-0.05, 0) is 56.8 Å². The minimum atomic E-state index is 0.554. The number of aromatic nitrogens is 2. The lowest BCUT2D eigenvalue weighted by Gasteiger charge is -2.29. The maximum Gasteiger partial charge on any atom is 0.232 e. The number of thiocarbonyl (C=S) groups is 1. The van der Waals surface area contributed by atoms with E-state index in [0.29, 0.717) is 17.6 Å². The van der Waals surface area contributed by atoms with Gasteiger partial charge < -0.3 is 20.4 Å². The van der Waals surface area contributed by atoms with E-state index in [9.17, 15) is 0 Å². The lowest BCUT2D eigenvalue weighted by Crippen LogP contribution is -2.33. The molecule has 1 aromatic carbocycles. The summed E-state index contributed by atoms with van der Waals surface area (Å²) >= 11 is 5.55. The van der Waals surface area contributed by atoms with Crippen LogP contribution in [-0.2, 0) is 6.54 Å². The Bertz CT molecular complexity index is 855. The van der Waals surface area contributed by atoms with Crippen LogP contribution in [0.15, 0.2) is 30.3 Å². The molecule has 0 radical (unpaired) electrons. The number of nitrogens with one attached hydrogen (secondary N) is 2. The van der Waals surface area contributed by atoms with Crippen LogP contribution >= 0.6 is 12.2 Å². The van der Waals surface area contributed by atoms with Crippen LogP contribution in [0.3, 0.4) is 0 Å². The molecule has 1 aromatic heterocycles. The smallest absolute Gasteiger partial charge is 0.232 e. The molecule has 0 spiro atoms. The average Bonchev–Trinajstić information content (AvgIpc) is 3.09. The zero-order chi connectivity index (χ0) is 21.5. The van der Waals surface area contributed by atoms with Crippen LogP contribution in [0.4, 0.5) is 17.6 Å². The van der Waals surface area contributed by atoms with Gasteiger partial charge in [0.1, 0.15) is 11.6 Å². The summed E-state index contributed by atoms with van der Waals surface area (Å²) in [4.78, 5) is 14.5. The van der Waals surface area contributed by atoms with E-state index in [4.69, 9.17) is 22.2 Å². The van der Waals surface area contributed by atoms with Crippen LogP contribution in [0.5, 0.6) is 0 Å². The highest BCUT2D eigenvalue weighted by molar-refractivity contribution is 7.80. The van der Waals surface area contributed by atoms with Crippen molar-refractivity contribution in [2.45, 2.75) is 58.4 Å². The summed E-state index contributed by atoms with van der Waals surface area (Å²) in [6.07, 6.45) is 8.81. The molecule has 2 N–H and O–H groups in total. The number of hydrogen-bond donors (Lipinski definition) is 2. The van der Waals surface area contributed by atoms with E-state index in [1.165, 1.54) is 56.1 Å². The Morgan fingerprint density at radius 1 is 0.839 bits per heavy atom. The first kappa shape index (κ1) is 21.8. The van der Waals surface area contributed by atoms with Gasteiger partial charge >= 0.3 is 0 Å². The van der Waals surface area contributed by atoms with Gasteiger partial charge in [-0.2, -0.15) is 9.97 Å². The first-order valence-corrected chi connectivity index (χ1v) is 12.1. The van der Waals surface area contributed by atoms with E-state index < -0.39 is 0 Å². The van der Waals surface area contributed by atoms with Gasteiger partial charge in [0.25, 0.3) is 0 Å². The topological polar surface area (TPSA) is 56.3 Å². The molecule has 0 atom stereocenters. The molecule has 4 rings (SSSR count). The summed E-state index contributed by atoms with van der Waals surface area (Å²) in [7, 11) is 0. The zero-order valence-corrected chi connectivity index (χ0v) is 19.4. The minimum absolute atomic E-state index is 0.554. The van der Waals surface area contributed by atoms with Gasteiger partial charge in [-0.15, -0.1) is 0 Å². The Balaban J connectivity index is 1.48. The average molecular weight is 439 g/mol. The molecule has 3 heterocycles. The van der Waals surface area contributed by atoms with E-state index in [1.807, 2.05) is 0 Å². The van der Waals surface area contributed by atoms with Gasteiger partial charge in [-0.25, -0.2) is 0 Å². The van der Waals surface area contributed by atoms with E-state index in [-0.39, 0.29) is 0 Å². The molecular formula is C24H34N6S. The largest absolute Gasteiger partial charge is 0.358 e. The molecular weight excluding hydrogens is 404 g/mol. The number of anilines is 3. The first-order chi connectivity index (χ1) is 15.2. The van der Waals surface area contributed by atoms with E-state index in [0.717, 1.165) is 37.8 Å². The SMILES string of the molecule is Cc1ccc(CNC(=S)Nc2nc(N3CCCCCC3)cc(N3CCCCC3)n2)cc1. The van der Waals surface area contributed by atoms with Crippen LogP contribution in [-0.4, -0.2) is 41.3 Å². The molecule has 31 heavy (non-hydrogen) atoms. The Morgan fingerprint density at radius 2 is 1.35 bits per heavy atom. The maximum absolute atomic E-state index is 5.55. The molecule has 0 saturated carbocycles. The normalized spacial score (nSPS) is 17.2. The molecule has 0 aliphatic carbocycles. The van der Waals surface area contributed by atoms with Crippen molar-refractivity contribution in [1.82, 2.24) is 15.3 Å². The van der Waals surface area contributed by atoms with Crippen LogP contribution in [0, 0.1) is 6.92 Å². The summed E-state index contributed by atoms with van der Waals surface area (Å²) in [6, 6.07) is 10.6. The molecule has 166 valence electrons. The maximum atomic E-state index is 5.55. The highest BCUT2D eigenvalue weighted by Gasteiger charge is 2.18. The molecule has 0 bridgehead atoms. The zero-order valence-electron chi connectivity index (χ0n) is 18.6. The van der Waals surface area contributed by atoms with Gasteiger partial charge in [0.15, 0.2) is 5.11 Å². The van der Waals surface area contributed by atoms with Gasteiger partial charge in [0.2, 0.25) is 5.95 Å². The second-order valence-electron chi connectivity index (χ2n) is 8.65. The second kappa shape index (κ2) is 10.8. The number of rotatable bonds is 5. The summed E-state index contributed by atoms with van der Waals surface area (Å²) in [5.41, 5.74) is 2.46. The number of nitrogens with zero attached hydrogens (tertiary/aromatic N) is 4. The van der Waals surface area contributed by atoms with Crippen molar-refractivity contribution in [3.8, 4) is 0 Å². The van der Waals surface area contributed by atoms with Gasteiger partial charge in [0, 0.05) is 38.8 Å². The summed E-state index contributed by atoms with van der Waals surface area (Å²) in [6.45, 7) is 7.02. The van der Waals surface area contributed by atoms with Gasteiger partial charge in [0.05, 0.1) is 0 Å². The Hall–Kier alpha value is -2.41. The number of piperidine rings is 1. The molecule has 2 aliphatic heterocycles. The summed E-state index contributed by atoms with van der Waals surface area (Å²) in [5, 5.41) is 7.08. The Morgan fingerprint density at radius 3 is 1.90 bits per heavy atom. The minimum Gasteiger partial charge on any atom is -0.358 e. The third-order valence-electron chi connectivity index (χ3n) is 6.11. The van der Waals surface area contributed by atoms with E-state index >= 15 is 0 Å². The molecule has 2 aliphatic rings. The van der Waals surface area contributed by atoms with Crippen molar-refractivity contribution < 1.29 is 0 Å². The van der Waals surface area contributed by atoms with Crippen LogP contribution in [0.2, 0.25) is 0 Å². The fourth-order valence-electron chi connectivity index (χ4n) is 4.26. The van der Waals surface area contributed by atoms with E-state index in [2.05, 4.69) is 57.7 Å². The van der Waals surface area contributed by atoms with Crippen molar-refractivity contribution in [2.24, 2.45) is 0 Å². The predicted molar refractivity (Wildman–Crippen MR) is 133 cm³/mol. The summed E-state index contributed by atoms with van der Waals surface area (Å²) < 4.78 is 0. The summed E-state index contributed by atoms with van der Waals surface area (Å²) in [5.74, 6) is 2.61. The van der Waals surface area contributed by atoms with Crippen LogP contribution < -0.4 is 20.4 Å². The highest BCUT2D eigenvalue weighted by Crippen LogP contribution is 2.25. The quantitative estimate of drug-likeness (QED) is 0.660. The lowest BCUT2D eigenvalue weighted by atomic mass is 10.1. The molecule has 0 amide bonds. The molecule has 7 heteroatoms. The van der Waals surface area contributed by atoms with Crippen LogP contribution in [0.1, 0.15) is 56.1 Å². The standard InChI is InChI=1S/C24H34N6S/c1-19-9-11-20(12-10-19)18-25-24(31)28-23-26-21(29-13-5-2-3-6-14-29)17-22(27-23)30-15-7-4-8-16-30/h9-12,17H,2-8,13-16,18H2,1H3,(H2,25,26,27,28,31). The van der Waals surface area contributed by atoms with Gasteiger partial charge in [-0.1, -0.05) is 42.7 Å². The fourth-order valence-corrected chi connectivity index (χ4v) is 4.42. The van der Waals surface area contributed by atoms with Crippen molar-refractivity contribution in [2.75, 3.05) is 41.3 Å². The Kier molecular flexibility index (Phi) is 7.57. The Labute approximate surface area is 191 Å². The highest BCUT2D eigenvalue weighted by atomic mass is 32.1. The van der Waals surface area contributed by atoms with Crippen LogP contribution in [0.25, 0.3) is 0 Å². The monoisotopic (exact) mass is 438 g/mol. The van der Waals surface area contributed by atoms with Crippen molar-refractivity contribution in [1.29, 1.82) is 0 Å². The molecule has 0 unspecified atom stereocenters. The number of aryl methyl sites for hydroxylation is 1. The lowest BCUT2D eigenvalue weighted by molar-refractivity contribution is 0.573. The first-order valence-electron chi connectivity index (χ1n) is 11.7. The third-order valence-corrected chi connectivity index (χ3v) is 6.35.